The number of nitrogens with two attached hydrogens (primary N) is 1. The van der Waals surface area contributed by atoms with Crippen molar-refractivity contribution in [2.75, 3.05) is 23.8 Å². The number of rotatable bonds is 7. The lowest BCUT2D eigenvalue weighted by molar-refractivity contribution is -0.118. The summed E-state index contributed by atoms with van der Waals surface area (Å²) in [6, 6.07) is 16.9. The molecule has 6 heteroatoms. The van der Waals surface area contributed by atoms with Crippen molar-refractivity contribution in [1.82, 2.24) is 0 Å². The van der Waals surface area contributed by atoms with E-state index in [0.29, 0.717) is 25.8 Å². The summed E-state index contributed by atoms with van der Waals surface area (Å²) in [7, 11) is 1.77. The number of carbonyl (C=O) groups is 2. The number of hydrogen-bond donors (Lipinski definition) is 2. The number of nitrogens with zero attached hydrogens (tertiary/aromatic N) is 1. The molecule has 0 aliphatic heterocycles. The SMILES string of the molecule is CN(C(=O)Cc1ccc(NC(=O)CCCN)cc1)c1ccccc1.Cl. The molecule has 2 rings (SSSR count). The van der Waals surface area contributed by atoms with Crippen LogP contribution in [0.25, 0.3) is 0 Å². The fourth-order valence-electron chi connectivity index (χ4n) is 2.28. The Kier molecular flexibility index (Phi) is 8.67. The van der Waals surface area contributed by atoms with Gasteiger partial charge in [-0.05, 0) is 42.8 Å². The first kappa shape index (κ1) is 20.7. The fourth-order valence-corrected chi connectivity index (χ4v) is 2.28. The van der Waals surface area contributed by atoms with Crippen LogP contribution < -0.4 is 16.0 Å². The third-order valence-electron chi connectivity index (χ3n) is 3.72. The van der Waals surface area contributed by atoms with Gasteiger partial charge in [-0.25, -0.2) is 0 Å². The molecule has 0 saturated heterocycles. The minimum atomic E-state index is -0.0481. The van der Waals surface area contributed by atoms with E-state index in [1.165, 1.54) is 0 Å². The maximum atomic E-state index is 12.3. The Labute approximate surface area is 154 Å². The normalized spacial score (nSPS) is 9.84. The number of nitrogens with one attached hydrogen (secondary N) is 1. The van der Waals surface area contributed by atoms with E-state index in [1.54, 1.807) is 11.9 Å². The molecule has 0 fully saturated rings. The van der Waals surface area contributed by atoms with Gasteiger partial charge >= 0.3 is 0 Å². The third kappa shape index (κ3) is 6.57. The van der Waals surface area contributed by atoms with Crippen molar-refractivity contribution in [1.29, 1.82) is 0 Å². The van der Waals surface area contributed by atoms with Crippen LogP contribution in [0.5, 0.6) is 0 Å². The lowest BCUT2D eigenvalue weighted by Crippen LogP contribution is -2.27. The summed E-state index contributed by atoms with van der Waals surface area (Å²) < 4.78 is 0. The molecule has 0 aliphatic rings. The molecular formula is C19H24ClN3O2. The lowest BCUT2D eigenvalue weighted by Gasteiger charge is -2.17. The highest BCUT2D eigenvalue weighted by Crippen LogP contribution is 2.15. The van der Waals surface area contributed by atoms with E-state index < -0.39 is 0 Å². The van der Waals surface area contributed by atoms with Gasteiger partial charge in [0, 0.05) is 24.8 Å². The monoisotopic (exact) mass is 361 g/mol. The molecule has 2 aromatic rings. The van der Waals surface area contributed by atoms with Crippen molar-refractivity contribution in [3.8, 4) is 0 Å². The molecule has 0 unspecified atom stereocenters. The summed E-state index contributed by atoms with van der Waals surface area (Å²) in [6.45, 7) is 0.503. The Balaban J connectivity index is 0.00000312. The van der Waals surface area contributed by atoms with Crippen LogP contribution in [0.2, 0.25) is 0 Å². The average molecular weight is 362 g/mol. The van der Waals surface area contributed by atoms with Gasteiger partial charge in [-0.1, -0.05) is 30.3 Å². The number of anilines is 2. The lowest BCUT2D eigenvalue weighted by atomic mass is 10.1. The van der Waals surface area contributed by atoms with Crippen molar-refractivity contribution in [3.05, 3.63) is 60.2 Å². The number of carbonyl (C=O) groups excluding carboxylic acids is 2. The van der Waals surface area contributed by atoms with E-state index in [2.05, 4.69) is 5.32 Å². The minimum absolute atomic E-state index is 0. The summed E-state index contributed by atoms with van der Waals surface area (Å²) >= 11 is 0. The second kappa shape index (κ2) is 10.5. The van der Waals surface area contributed by atoms with E-state index >= 15 is 0 Å². The summed E-state index contributed by atoms with van der Waals surface area (Å²) in [6.07, 6.45) is 1.40. The molecule has 0 radical (unpaired) electrons. The first-order chi connectivity index (χ1) is 11.6. The van der Waals surface area contributed by atoms with Crippen LogP contribution in [0.15, 0.2) is 54.6 Å². The van der Waals surface area contributed by atoms with E-state index in [-0.39, 0.29) is 24.2 Å². The zero-order valence-electron chi connectivity index (χ0n) is 14.3. The van der Waals surface area contributed by atoms with Crippen LogP contribution in [0, 0.1) is 0 Å². The first-order valence-electron chi connectivity index (χ1n) is 8.00. The maximum absolute atomic E-state index is 12.3. The van der Waals surface area contributed by atoms with Crippen molar-refractivity contribution in [2.45, 2.75) is 19.3 Å². The highest BCUT2D eigenvalue weighted by molar-refractivity contribution is 5.94. The second-order valence-electron chi connectivity index (χ2n) is 5.60. The van der Waals surface area contributed by atoms with Gasteiger partial charge in [-0.15, -0.1) is 12.4 Å². The number of para-hydroxylation sites is 1. The summed E-state index contributed by atoms with van der Waals surface area (Å²) in [5.41, 5.74) is 7.89. The van der Waals surface area contributed by atoms with Gasteiger partial charge in [0.25, 0.3) is 0 Å². The molecule has 0 aliphatic carbocycles. The Hall–Kier alpha value is -2.37. The van der Waals surface area contributed by atoms with E-state index in [9.17, 15) is 9.59 Å². The highest BCUT2D eigenvalue weighted by Gasteiger charge is 2.11. The predicted molar refractivity (Wildman–Crippen MR) is 104 cm³/mol. The number of amides is 2. The molecule has 0 saturated carbocycles. The van der Waals surface area contributed by atoms with Gasteiger partial charge in [0.2, 0.25) is 11.8 Å². The molecule has 0 atom stereocenters. The zero-order chi connectivity index (χ0) is 17.4. The van der Waals surface area contributed by atoms with Gasteiger partial charge in [-0.3, -0.25) is 9.59 Å². The zero-order valence-corrected chi connectivity index (χ0v) is 15.1. The van der Waals surface area contributed by atoms with Crippen molar-refractivity contribution < 1.29 is 9.59 Å². The van der Waals surface area contributed by atoms with Crippen LogP contribution in [0.4, 0.5) is 11.4 Å². The number of halogens is 1. The minimum Gasteiger partial charge on any atom is -0.330 e. The summed E-state index contributed by atoms with van der Waals surface area (Å²) in [5, 5.41) is 2.82. The molecule has 134 valence electrons. The van der Waals surface area contributed by atoms with Crippen LogP contribution in [0.1, 0.15) is 18.4 Å². The van der Waals surface area contributed by atoms with Gasteiger partial charge < -0.3 is 16.0 Å². The molecule has 2 aromatic carbocycles. The Morgan fingerprint density at radius 1 is 1.04 bits per heavy atom. The molecule has 0 aromatic heterocycles. The third-order valence-corrected chi connectivity index (χ3v) is 3.72. The molecule has 5 nitrogen and oxygen atoms in total. The van der Waals surface area contributed by atoms with Gasteiger partial charge in [0.15, 0.2) is 0 Å². The van der Waals surface area contributed by atoms with Crippen LogP contribution >= 0.6 is 12.4 Å². The fraction of sp³-hybridized carbons (Fsp3) is 0.263. The molecule has 0 bridgehead atoms. The molecule has 2 amide bonds. The maximum Gasteiger partial charge on any atom is 0.231 e. The van der Waals surface area contributed by atoms with Crippen LogP contribution in [0.3, 0.4) is 0 Å². The predicted octanol–water partition coefficient (Wildman–Crippen LogP) is 2.99. The topological polar surface area (TPSA) is 75.4 Å². The highest BCUT2D eigenvalue weighted by atomic mass is 35.5. The molecular weight excluding hydrogens is 338 g/mol. The van der Waals surface area contributed by atoms with E-state index in [1.807, 2.05) is 54.6 Å². The smallest absolute Gasteiger partial charge is 0.231 e. The van der Waals surface area contributed by atoms with Crippen LogP contribution in [-0.4, -0.2) is 25.4 Å². The van der Waals surface area contributed by atoms with Crippen molar-refractivity contribution in [3.63, 3.8) is 0 Å². The molecule has 0 heterocycles. The van der Waals surface area contributed by atoms with E-state index in [4.69, 9.17) is 5.73 Å². The first-order valence-corrected chi connectivity index (χ1v) is 8.00. The van der Waals surface area contributed by atoms with Gasteiger partial charge in [-0.2, -0.15) is 0 Å². The van der Waals surface area contributed by atoms with E-state index in [0.717, 1.165) is 16.9 Å². The van der Waals surface area contributed by atoms with Crippen molar-refractivity contribution in [2.24, 2.45) is 5.73 Å². The van der Waals surface area contributed by atoms with Crippen LogP contribution in [-0.2, 0) is 16.0 Å². The molecule has 3 N–H and O–H groups in total. The largest absolute Gasteiger partial charge is 0.330 e. The number of benzene rings is 2. The average Bonchev–Trinajstić information content (AvgIpc) is 2.61. The van der Waals surface area contributed by atoms with Gasteiger partial charge in [0.1, 0.15) is 0 Å². The Morgan fingerprint density at radius 3 is 2.28 bits per heavy atom. The number of hydrogen-bond acceptors (Lipinski definition) is 3. The number of likely N-dealkylation sites (N-methyl/N-ethyl adjacent to an activating group) is 1. The second-order valence-corrected chi connectivity index (χ2v) is 5.60. The summed E-state index contributed by atoms with van der Waals surface area (Å²) in [4.78, 5) is 25.6. The molecule has 25 heavy (non-hydrogen) atoms. The quantitative estimate of drug-likeness (QED) is 0.796. The standard InChI is InChI=1S/C19H23N3O2.ClH/c1-22(17-6-3-2-4-7-17)19(24)14-15-9-11-16(12-10-15)21-18(23)8-5-13-20;/h2-4,6-7,9-12H,5,8,13-14,20H2,1H3,(H,21,23);1H. The Morgan fingerprint density at radius 2 is 1.68 bits per heavy atom. The summed E-state index contributed by atoms with van der Waals surface area (Å²) in [5.74, 6) is -0.0333. The van der Waals surface area contributed by atoms with Gasteiger partial charge in [0.05, 0.1) is 6.42 Å². The van der Waals surface area contributed by atoms with Crippen molar-refractivity contribution >= 4 is 35.6 Å². The Bertz CT molecular complexity index is 675. The molecule has 0 spiro atoms.